The number of amides is 2. The van der Waals surface area contributed by atoms with E-state index >= 15 is 0 Å². The average Bonchev–Trinajstić information content (AvgIpc) is 3.30. The second-order valence-corrected chi connectivity index (χ2v) is 10.1. The fourth-order valence-electron chi connectivity index (χ4n) is 3.99. The quantitative estimate of drug-likeness (QED) is 0.238. The highest BCUT2D eigenvalue weighted by atomic mass is 35.5. The number of aromatic nitrogens is 1. The highest BCUT2D eigenvalue weighted by molar-refractivity contribution is 8.18. The van der Waals surface area contributed by atoms with Gasteiger partial charge in [0.05, 0.1) is 18.0 Å². The molecule has 0 N–H and O–H groups in total. The Labute approximate surface area is 219 Å². The van der Waals surface area contributed by atoms with Gasteiger partial charge in [0, 0.05) is 48.9 Å². The fourth-order valence-corrected chi connectivity index (χ4v) is 5.56. The molecule has 1 aliphatic rings. The number of para-hydroxylation sites is 1. The van der Waals surface area contributed by atoms with Crippen molar-refractivity contribution in [3.05, 3.63) is 109 Å². The molecular weight excluding hydrogens is 530 g/mol. The minimum atomic E-state index is -0.426. The third kappa shape index (κ3) is 4.59. The van der Waals surface area contributed by atoms with Gasteiger partial charge in [0.15, 0.2) is 0 Å². The van der Waals surface area contributed by atoms with Crippen molar-refractivity contribution in [3.63, 3.8) is 0 Å². The van der Waals surface area contributed by atoms with Crippen molar-refractivity contribution in [1.82, 2.24) is 9.47 Å². The average molecular weight is 546 g/mol. The predicted octanol–water partition coefficient (Wildman–Crippen LogP) is 8.03. The number of hydrogen-bond donors (Lipinski definition) is 0. The fraction of sp³-hybridized carbons (Fsp3) is 0.0769. The second kappa shape index (κ2) is 9.70. The van der Waals surface area contributed by atoms with E-state index in [9.17, 15) is 14.0 Å². The van der Waals surface area contributed by atoms with Crippen LogP contribution in [0.1, 0.15) is 16.7 Å². The number of thioether (sulfide) groups is 1. The molecule has 1 saturated heterocycles. The van der Waals surface area contributed by atoms with Gasteiger partial charge in [0.1, 0.15) is 5.82 Å². The van der Waals surface area contributed by atoms with Gasteiger partial charge in [-0.1, -0.05) is 65.1 Å². The molecule has 0 aliphatic carbocycles. The van der Waals surface area contributed by atoms with Crippen LogP contribution in [0.5, 0.6) is 0 Å². The normalized spacial score (nSPS) is 15.1. The summed E-state index contributed by atoms with van der Waals surface area (Å²) in [5, 5.41) is 1.56. The zero-order valence-electron chi connectivity index (χ0n) is 18.0. The van der Waals surface area contributed by atoms with Gasteiger partial charge in [0.2, 0.25) is 0 Å². The highest BCUT2D eigenvalue weighted by Crippen LogP contribution is 2.37. The minimum Gasteiger partial charge on any atom is -0.342 e. The molecule has 0 spiro atoms. The molecule has 0 bridgehead atoms. The summed E-state index contributed by atoms with van der Waals surface area (Å²) in [6, 6.07) is 17.2. The van der Waals surface area contributed by atoms with Crippen molar-refractivity contribution in [2.24, 2.45) is 0 Å². The number of rotatable bonds is 5. The molecule has 1 aliphatic heterocycles. The SMILES string of the molecule is O=C1S/C(=C\c2cn(Cc3c(F)cccc3Cl)c3ccccc23)C(=O)N1Cc1c(Cl)cccc1Cl. The lowest BCUT2D eigenvalue weighted by molar-refractivity contribution is -0.123. The van der Waals surface area contributed by atoms with Crippen LogP contribution in [0.2, 0.25) is 15.1 Å². The molecule has 0 radical (unpaired) electrons. The Kier molecular flexibility index (Phi) is 6.64. The first kappa shape index (κ1) is 23.9. The largest absolute Gasteiger partial charge is 0.342 e. The molecule has 3 aromatic carbocycles. The van der Waals surface area contributed by atoms with Crippen LogP contribution in [0.15, 0.2) is 71.8 Å². The molecule has 1 fully saturated rings. The zero-order chi connectivity index (χ0) is 24.7. The lowest BCUT2D eigenvalue weighted by atomic mass is 10.1. The number of carbonyl (C=O) groups is 2. The van der Waals surface area contributed by atoms with E-state index in [1.165, 1.54) is 6.07 Å². The van der Waals surface area contributed by atoms with Crippen LogP contribution in [0.3, 0.4) is 0 Å². The first-order valence-electron chi connectivity index (χ1n) is 10.5. The molecule has 4 aromatic rings. The van der Waals surface area contributed by atoms with Gasteiger partial charge in [-0.3, -0.25) is 14.5 Å². The molecule has 1 aromatic heterocycles. The van der Waals surface area contributed by atoms with Gasteiger partial charge in [-0.05, 0) is 48.2 Å². The van der Waals surface area contributed by atoms with Crippen LogP contribution in [0.4, 0.5) is 9.18 Å². The number of hydrogen-bond acceptors (Lipinski definition) is 3. The maximum Gasteiger partial charge on any atom is 0.293 e. The van der Waals surface area contributed by atoms with Crippen molar-refractivity contribution in [1.29, 1.82) is 0 Å². The van der Waals surface area contributed by atoms with E-state index in [2.05, 4.69) is 0 Å². The van der Waals surface area contributed by atoms with Crippen molar-refractivity contribution >= 4 is 74.7 Å². The van der Waals surface area contributed by atoms with Crippen LogP contribution in [0, 0.1) is 5.82 Å². The third-order valence-corrected chi connectivity index (χ3v) is 7.72. The molecule has 2 amide bonds. The van der Waals surface area contributed by atoms with E-state index in [1.807, 2.05) is 35.0 Å². The van der Waals surface area contributed by atoms with Gasteiger partial charge in [-0.15, -0.1) is 0 Å². The highest BCUT2D eigenvalue weighted by Gasteiger charge is 2.36. The monoisotopic (exact) mass is 544 g/mol. The molecule has 2 heterocycles. The third-order valence-electron chi connectivity index (χ3n) is 5.75. The van der Waals surface area contributed by atoms with E-state index in [0.29, 0.717) is 26.2 Å². The van der Waals surface area contributed by atoms with Gasteiger partial charge in [0.25, 0.3) is 11.1 Å². The minimum absolute atomic E-state index is 0.0198. The smallest absolute Gasteiger partial charge is 0.293 e. The summed E-state index contributed by atoms with van der Waals surface area (Å²) in [4.78, 5) is 27.2. The lowest BCUT2D eigenvalue weighted by Crippen LogP contribution is -2.27. The molecule has 35 heavy (non-hydrogen) atoms. The number of nitrogens with zero attached hydrogens (tertiary/aromatic N) is 2. The Morgan fingerprint density at radius 2 is 1.49 bits per heavy atom. The number of carbonyl (C=O) groups excluding carboxylic acids is 2. The van der Waals surface area contributed by atoms with E-state index in [1.54, 1.807) is 36.4 Å². The molecule has 4 nitrogen and oxygen atoms in total. The summed E-state index contributed by atoms with van der Waals surface area (Å²) in [6.07, 6.45) is 3.51. The van der Waals surface area contributed by atoms with Crippen LogP contribution < -0.4 is 0 Å². The molecule has 176 valence electrons. The Bertz CT molecular complexity index is 1490. The maximum absolute atomic E-state index is 14.4. The summed E-state index contributed by atoms with van der Waals surface area (Å²) in [5.41, 5.74) is 2.46. The molecule has 5 rings (SSSR count). The van der Waals surface area contributed by atoms with Crippen molar-refractivity contribution in [2.45, 2.75) is 13.1 Å². The van der Waals surface area contributed by atoms with Gasteiger partial charge in [-0.2, -0.15) is 0 Å². The Balaban J connectivity index is 1.49. The number of halogens is 4. The van der Waals surface area contributed by atoms with E-state index < -0.39 is 17.0 Å². The van der Waals surface area contributed by atoms with Gasteiger partial charge in [-0.25, -0.2) is 4.39 Å². The standard InChI is InChI=1S/C26H16Cl3FN2O2S/c27-19-6-3-7-20(28)17(19)14-32-25(33)24(35-26(32)34)11-15-12-31(23-10-2-1-5-16(15)23)13-18-21(29)8-4-9-22(18)30/h1-12H,13-14H2/b24-11-. The van der Waals surface area contributed by atoms with Crippen LogP contribution in [-0.2, 0) is 17.9 Å². The lowest BCUT2D eigenvalue weighted by Gasteiger charge is -2.14. The Morgan fingerprint density at radius 1 is 0.829 bits per heavy atom. The summed E-state index contributed by atoms with van der Waals surface area (Å²) < 4.78 is 16.3. The van der Waals surface area contributed by atoms with Gasteiger partial charge < -0.3 is 4.57 Å². The molecule has 9 heteroatoms. The van der Waals surface area contributed by atoms with E-state index in [-0.39, 0.29) is 18.0 Å². The number of benzene rings is 3. The zero-order valence-corrected chi connectivity index (χ0v) is 21.1. The maximum atomic E-state index is 14.4. The molecule has 0 saturated carbocycles. The van der Waals surface area contributed by atoms with Crippen LogP contribution >= 0.6 is 46.6 Å². The molecule has 0 atom stereocenters. The Morgan fingerprint density at radius 3 is 2.20 bits per heavy atom. The van der Waals surface area contributed by atoms with Crippen molar-refractivity contribution in [3.8, 4) is 0 Å². The van der Waals surface area contributed by atoms with Gasteiger partial charge >= 0.3 is 0 Å². The summed E-state index contributed by atoms with van der Waals surface area (Å²) in [5.74, 6) is -0.818. The van der Waals surface area contributed by atoms with E-state index in [0.717, 1.165) is 33.1 Å². The number of fused-ring (bicyclic) bond motifs is 1. The summed E-state index contributed by atoms with van der Waals surface area (Å²) in [6.45, 7) is 0.195. The second-order valence-electron chi connectivity index (χ2n) is 7.90. The van der Waals surface area contributed by atoms with E-state index in [4.69, 9.17) is 34.8 Å². The summed E-state index contributed by atoms with van der Waals surface area (Å²) >= 11 is 19.6. The van der Waals surface area contributed by atoms with Crippen molar-refractivity contribution < 1.29 is 14.0 Å². The Hall–Kier alpha value is -2.77. The number of imide groups is 1. The first-order valence-corrected chi connectivity index (χ1v) is 12.5. The molecule has 0 unspecified atom stereocenters. The predicted molar refractivity (Wildman–Crippen MR) is 140 cm³/mol. The topological polar surface area (TPSA) is 42.3 Å². The summed E-state index contributed by atoms with van der Waals surface area (Å²) in [7, 11) is 0. The molecular formula is C26H16Cl3FN2O2S. The van der Waals surface area contributed by atoms with Crippen LogP contribution in [-0.4, -0.2) is 20.6 Å². The van der Waals surface area contributed by atoms with Crippen molar-refractivity contribution in [2.75, 3.05) is 0 Å². The first-order chi connectivity index (χ1) is 16.8. The van der Waals surface area contributed by atoms with Crippen LogP contribution in [0.25, 0.3) is 17.0 Å².